The van der Waals surface area contributed by atoms with Crippen LogP contribution in [0.3, 0.4) is 0 Å². The highest BCUT2D eigenvalue weighted by atomic mass is 15.2. The van der Waals surface area contributed by atoms with E-state index in [1.54, 1.807) is 5.56 Å². The molecule has 0 heterocycles. The largest absolute Gasteiger partial charge is 0.309 e. The van der Waals surface area contributed by atoms with E-state index in [0.29, 0.717) is 24.0 Å². The first-order chi connectivity index (χ1) is 10.1. The molecule has 4 atom stereocenters. The minimum Gasteiger partial charge on any atom is -0.309 e. The van der Waals surface area contributed by atoms with Gasteiger partial charge in [-0.25, -0.2) is 0 Å². The lowest BCUT2D eigenvalue weighted by atomic mass is 9.77. The van der Waals surface area contributed by atoms with E-state index in [1.165, 1.54) is 18.4 Å². The molecule has 2 heteroatoms. The summed E-state index contributed by atoms with van der Waals surface area (Å²) in [6.45, 7) is 13.8. The third-order valence-electron chi connectivity index (χ3n) is 5.21. The van der Waals surface area contributed by atoms with Gasteiger partial charge in [-0.05, 0) is 49.9 Å². The molecule has 0 saturated carbocycles. The van der Waals surface area contributed by atoms with Gasteiger partial charge in [0, 0.05) is 18.1 Å². The van der Waals surface area contributed by atoms with Crippen LogP contribution < -0.4 is 5.32 Å². The van der Waals surface area contributed by atoms with Gasteiger partial charge >= 0.3 is 0 Å². The predicted octanol–water partition coefficient (Wildman–Crippen LogP) is 4.33. The Bertz CT molecular complexity index is 443. The molecule has 0 spiro atoms. The number of hydrogen-bond donors (Lipinski definition) is 1. The monoisotopic (exact) mass is 288 g/mol. The third-order valence-corrected chi connectivity index (χ3v) is 5.21. The number of fused-ring (bicyclic) bond motifs is 1. The average Bonchev–Trinajstić information content (AvgIpc) is 2.51. The van der Waals surface area contributed by atoms with E-state index in [2.05, 4.69) is 69.1 Å². The van der Waals surface area contributed by atoms with Crippen LogP contribution in [0.1, 0.15) is 70.5 Å². The lowest BCUT2D eigenvalue weighted by molar-refractivity contribution is 0.0975. The molecular formula is C19H32N2. The number of nitrogens with one attached hydrogen (secondary N) is 1. The Hall–Kier alpha value is -0.860. The molecule has 2 nitrogen and oxygen atoms in total. The van der Waals surface area contributed by atoms with Crippen LogP contribution in [0, 0.1) is 0 Å². The van der Waals surface area contributed by atoms with Crippen LogP contribution in [0.15, 0.2) is 24.3 Å². The van der Waals surface area contributed by atoms with Crippen LogP contribution in [-0.4, -0.2) is 30.1 Å². The number of likely N-dealkylation sites (N-methyl/N-ethyl adjacent to an activating group) is 2. The minimum absolute atomic E-state index is 0.469. The molecule has 1 aliphatic carbocycles. The Morgan fingerprint density at radius 1 is 1.19 bits per heavy atom. The smallest absolute Gasteiger partial charge is 0.0481 e. The highest BCUT2D eigenvalue weighted by Gasteiger charge is 2.36. The zero-order valence-corrected chi connectivity index (χ0v) is 14.4. The molecular weight excluding hydrogens is 256 g/mol. The van der Waals surface area contributed by atoms with Gasteiger partial charge in [0.2, 0.25) is 0 Å². The van der Waals surface area contributed by atoms with E-state index in [1.807, 2.05) is 0 Å². The number of hydrogen-bond acceptors (Lipinski definition) is 2. The van der Waals surface area contributed by atoms with Crippen LogP contribution in [0.5, 0.6) is 0 Å². The minimum atomic E-state index is 0.469. The molecule has 0 aromatic heterocycles. The lowest BCUT2D eigenvalue weighted by Gasteiger charge is -2.45. The molecule has 0 bridgehead atoms. The highest BCUT2D eigenvalue weighted by molar-refractivity contribution is 5.36. The van der Waals surface area contributed by atoms with Gasteiger partial charge in [-0.2, -0.15) is 0 Å². The van der Waals surface area contributed by atoms with Crippen molar-refractivity contribution in [3.8, 4) is 0 Å². The molecule has 118 valence electrons. The van der Waals surface area contributed by atoms with Crippen molar-refractivity contribution < 1.29 is 0 Å². The second-order valence-corrected chi connectivity index (χ2v) is 6.46. The molecule has 0 amide bonds. The Labute approximate surface area is 130 Å². The van der Waals surface area contributed by atoms with Gasteiger partial charge in [0.1, 0.15) is 0 Å². The van der Waals surface area contributed by atoms with Crippen LogP contribution in [0.4, 0.5) is 0 Å². The van der Waals surface area contributed by atoms with Crippen LogP contribution >= 0.6 is 0 Å². The molecule has 0 saturated heterocycles. The maximum absolute atomic E-state index is 3.76. The third kappa shape index (κ3) is 3.32. The second-order valence-electron chi connectivity index (χ2n) is 6.46. The van der Waals surface area contributed by atoms with E-state index in [9.17, 15) is 0 Å². The molecule has 0 radical (unpaired) electrons. The summed E-state index contributed by atoms with van der Waals surface area (Å²) < 4.78 is 0. The SMILES string of the molecule is CCNC1c2ccccc2C(C)CC1N(CC)C(C)CC. The highest BCUT2D eigenvalue weighted by Crippen LogP contribution is 2.40. The van der Waals surface area contributed by atoms with Crippen molar-refractivity contribution in [2.45, 2.75) is 71.5 Å². The van der Waals surface area contributed by atoms with Crippen LogP contribution in [-0.2, 0) is 0 Å². The molecule has 21 heavy (non-hydrogen) atoms. The molecule has 1 aromatic rings. The van der Waals surface area contributed by atoms with Crippen molar-refractivity contribution in [2.75, 3.05) is 13.1 Å². The quantitative estimate of drug-likeness (QED) is 0.838. The van der Waals surface area contributed by atoms with Gasteiger partial charge in [0.05, 0.1) is 0 Å². The zero-order chi connectivity index (χ0) is 15.4. The van der Waals surface area contributed by atoms with Gasteiger partial charge in [-0.1, -0.05) is 52.0 Å². The van der Waals surface area contributed by atoms with E-state index in [4.69, 9.17) is 0 Å². The maximum Gasteiger partial charge on any atom is 0.0481 e. The van der Waals surface area contributed by atoms with E-state index in [0.717, 1.165) is 13.1 Å². The summed E-state index contributed by atoms with van der Waals surface area (Å²) in [6, 6.07) is 10.8. The molecule has 1 N–H and O–H groups in total. The predicted molar refractivity (Wildman–Crippen MR) is 91.8 cm³/mol. The first-order valence-corrected chi connectivity index (χ1v) is 8.71. The Balaban J connectivity index is 2.37. The fraction of sp³-hybridized carbons (Fsp3) is 0.684. The average molecular weight is 288 g/mol. The fourth-order valence-electron chi connectivity index (χ4n) is 3.98. The van der Waals surface area contributed by atoms with Crippen LogP contribution in [0.2, 0.25) is 0 Å². The first kappa shape index (κ1) is 16.5. The summed E-state index contributed by atoms with van der Waals surface area (Å²) in [6.07, 6.45) is 2.48. The molecule has 1 aliphatic rings. The van der Waals surface area contributed by atoms with E-state index in [-0.39, 0.29) is 0 Å². The van der Waals surface area contributed by atoms with Gasteiger partial charge in [-0.3, -0.25) is 4.90 Å². The Morgan fingerprint density at radius 2 is 1.86 bits per heavy atom. The summed E-state index contributed by atoms with van der Waals surface area (Å²) in [5, 5.41) is 3.76. The summed E-state index contributed by atoms with van der Waals surface area (Å²) in [5.74, 6) is 0.652. The first-order valence-electron chi connectivity index (χ1n) is 8.71. The van der Waals surface area contributed by atoms with Crippen molar-refractivity contribution in [3.05, 3.63) is 35.4 Å². The van der Waals surface area contributed by atoms with Crippen molar-refractivity contribution in [2.24, 2.45) is 0 Å². The van der Waals surface area contributed by atoms with Gasteiger partial charge in [0.25, 0.3) is 0 Å². The fourth-order valence-corrected chi connectivity index (χ4v) is 3.98. The molecule has 0 aliphatic heterocycles. The lowest BCUT2D eigenvalue weighted by Crippen LogP contribution is -2.51. The van der Waals surface area contributed by atoms with E-state index >= 15 is 0 Å². The summed E-state index contributed by atoms with van der Waals surface area (Å²) >= 11 is 0. The standard InChI is InChI=1S/C19H32N2/c1-6-15(5)21(8-3)18-13-14(4)16-11-9-10-12-17(16)19(18)20-7-2/h9-12,14-15,18-20H,6-8,13H2,1-5H3. The van der Waals surface area contributed by atoms with Crippen molar-refractivity contribution >= 4 is 0 Å². The van der Waals surface area contributed by atoms with Crippen molar-refractivity contribution in [3.63, 3.8) is 0 Å². The zero-order valence-electron chi connectivity index (χ0n) is 14.4. The maximum atomic E-state index is 3.76. The summed E-state index contributed by atoms with van der Waals surface area (Å²) in [5.41, 5.74) is 3.06. The molecule has 0 fully saturated rings. The van der Waals surface area contributed by atoms with Crippen LogP contribution in [0.25, 0.3) is 0 Å². The normalized spacial score (nSPS) is 26.7. The molecule has 4 unspecified atom stereocenters. The second kappa shape index (κ2) is 7.42. The van der Waals surface area contributed by atoms with E-state index < -0.39 is 0 Å². The topological polar surface area (TPSA) is 15.3 Å². The van der Waals surface area contributed by atoms with Gasteiger partial charge < -0.3 is 5.32 Å². The summed E-state index contributed by atoms with van der Waals surface area (Å²) in [4.78, 5) is 2.71. The van der Waals surface area contributed by atoms with Crippen molar-refractivity contribution in [1.82, 2.24) is 10.2 Å². The number of nitrogens with zero attached hydrogens (tertiary/aromatic N) is 1. The number of rotatable bonds is 6. The van der Waals surface area contributed by atoms with Gasteiger partial charge in [-0.15, -0.1) is 0 Å². The number of benzene rings is 1. The van der Waals surface area contributed by atoms with Gasteiger partial charge in [0.15, 0.2) is 0 Å². The van der Waals surface area contributed by atoms with Crippen molar-refractivity contribution in [1.29, 1.82) is 0 Å². The molecule has 2 rings (SSSR count). The summed E-state index contributed by atoms with van der Waals surface area (Å²) in [7, 11) is 0. The Morgan fingerprint density at radius 3 is 2.43 bits per heavy atom. The molecule has 1 aromatic carbocycles. The Kier molecular flexibility index (Phi) is 5.83.